The summed E-state index contributed by atoms with van der Waals surface area (Å²) in [5.41, 5.74) is 3.20. The fourth-order valence-electron chi connectivity index (χ4n) is 3.91. The lowest BCUT2D eigenvalue weighted by atomic mass is 9.93. The van der Waals surface area contributed by atoms with Gasteiger partial charge < -0.3 is 4.90 Å². The SMILES string of the molecule is O=C(C1CC=CCC1)N1Cc2nc3cc(-c4ccccn4)[nH]n3c(=O)c2C1. The van der Waals surface area contributed by atoms with Gasteiger partial charge in [-0.05, 0) is 31.4 Å². The van der Waals surface area contributed by atoms with Gasteiger partial charge in [-0.25, -0.2) is 9.50 Å². The fourth-order valence-corrected chi connectivity index (χ4v) is 3.91. The molecule has 0 saturated carbocycles. The summed E-state index contributed by atoms with van der Waals surface area (Å²) in [6.45, 7) is 0.741. The summed E-state index contributed by atoms with van der Waals surface area (Å²) in [4.78, 5) is 36.4. The molecule has 0 fully saturated rings. The largest absolute Gasteiger partial charge is 0.332 e. The number of nitrogens with one attached hydrogen (secondary N) is 1. The smallest absolute Gasteiger partial charge is 0.278 e. The number of nitrogens with zero attached hydrogens (tertiary/aromatic N) is 4. The van der Waals surface area contributed by atoms with Crippen molar-refractivity contribution in [2.75, 3.05) is 0 Å². The molecule has 0 bridgehead atoms. The van der Waals surface area contributed by atoms with E-state index in [1.165, 1.54) is 4.52 Å². The molecule has 1 atom stereocenters. The topological polar surface area (TPSA) is 83.4 Å². The van der Waals surface area contributed by atoms with Crippen molar-refractivity contribution in [3.05, 3.63) is 64.2 Å². The normalized spacial score (nSPS) is 18.8. The Kier molecular flexibility index (Phi) is 3.67. The van der Waals surface area contributed by atoms with Gasteiger partial charge in [-0.2, -0.15) is 0 Å². The van der Waals surface area contributed by atoms with Crippen LogP contribution in [0.3, 0.4) is 0 Å². The molecule has 1 aliphatic heterocycles. The number of amides is 1. The van der Waals surface area contributed by atoms with E-state index in [1.807, 2.05) is 24.3 Å². The highest BCUT2D eigenvalue weighted by molar-refractivity contribution is 5.79. The quantitative estimate of drug-likeness (QED) is 0.710. The van der Waals surface area contributed by atoms with Crippen LogP contribution in [0.4, 0.5) is 0 Å². The Morgan fingerprint density at radius 3 is 2.93 bits per heavy atom. The molecule has 1 aliphatic carbocycles. The van der Waals surface area contributed by atoms with Crippen LogP contribution in [-0.4, -0.2) is 30.4 Å². The zero-order valence-corrected chi connectivity index (χ0v) is 14.8. The van der Waals surface area contributed by atoms with Gasteiger partial charge in [0.15, 0.2) is 5.65 Å². The van der Waals surface area contributed by atoms with Gasteiger partial charge in [-0.15, -0.1) is 0 Å². The fraction of sp³-hybridized carbons (Fsp3) is 0.300. The highest BCUT2D eigenvalue weighted by Crippen LogP contribution is 2.26. The first-order valence-corrected chi connectivity index (χ1v) is 9.19. The summed E-state index contributed by atoms with van der Waals surface area (Å²) in [5.74, 6) is 0.146. The van der Waals surface area contributed by atoms with Gasteiger partial charge in [-0.1, -0.05) is 18.2 Å². The van der Waals surface area contributed by atoms with Gasteiger partial charge >= 0.3 is 0 Å². The third kappa shape index (κ3) is 2.66. The molecule has 3 aromatic heterocycles. The number of hydrogen-bond donors (Lipinski definition) is 1. The summed E-state index contributed by atoms with van der Waals surface area (Å²) < 4.78 is 1.44. The number of rotatable bonds is 2. The van der Waals surface area contributed by atoms with Gasteiger partial charge in [0.1, 0.15) is 0 Å². The molecule has 1 unspecified atom stereocenters. The first-order valence-electron chi connectivity index (χ1n) is 9.19. The van der Waals surface area contributed by atoms with E-state index >= 15 is 0 Å². The molecule has 0 saturated heterocycles. The summed E-state index contributed by atoms with van der Waals surface area (Å²) in [5, 5.41) is 3.08. The van der Waals surface area contributed by atoms with Crippen LogP contribution in [0.15, 0.2) is 47.4 Å². The van der Waals surface area contributed by atoms with Crippen LogP contribution in [0.25, 0.3) is 17.0 Å². The van der Waals surface area contributed by atoms with Crippen LogP contribution in [0.2, 0.25) is 0 Å². The number of pyridine rings is 1. The minimum Gasteiger partial charge on any atom is -0.332 e. The molecule has 0 spiro atoms. The van der Waals surface area contributed by atoms with Crippen molar-refractivity contribution in [3.63, 3.8) is 0 Å². The summed E-state index contributed by atoms with van der Waals surface area (Å²) in [6.07, 6.45) is 8.51. The Hall–Kier alpha value is -3.22. The number of carbonyl (C=O) groups excluding carboxylic acids is 1. The Morgan fingerprint density at radius 2 is 2.15 bits per heavy atom. The van der Waals surface area contributed by atoms with E-state index in [-0.39, 0.29) is 17.4 Å². The molecular formula is C20H19N5O2. The molecule has 136 valence electrons. The first-order chi connectivity index (χ1) is 13.2. The monoisotopic (exact) mass is 361 g/mol. The molecular weight excluding hydrogens is 342 g/mol. The molecule has 4 heterocycles. The van der Waals surface area contributed by atoms with Gasteiger partial charge in [-0.3, -0.25) is 19.7 Å². The molecule has 1 amide bonds. The second kappa shape index (κ2) is 6.19. The summed E-state index contributed by atoms with van der Waals surface area (Å²) >= 11 is 0. The molecule has 0 aromatic carbocycles. The second-order valence-electron chi connectivity index (χ2n) is 7.10. The standard InChI is InChI=1S/C20H19N5O2/c26-19(13-6-2-1-3-7-13)24-11-14-17(12-24)22-18-10-16(23-25(18)20(14)27)15-8-4-5-9-21-15/h1-2,4-5,8-10,13,23H,3,6-7,11-12H2. The minimum atomic E-state index is -0.143. The predicted molar refractivity (Wildman–Crippen MR) is 99.8 cm³/mol. The van der Waals surface area contributed by atoms with E-state index in [0.29, 0.717) is 30.0 Å². The third-order valence-corrected chi connectivity index (χ3v) is 5.35. The maximum atomic E-state index is 12.9. The van der Waals surface area contributed by atoms with Crippen LogP contribution in [0.5, 0.6) is 0 Å². The van der Waals surface area contributed by atoms with Crippen LogP contribution < -0.4 is 5.56 Å². The molecule has 7 heteroatoms. The number of carbonyl (C=O) groups is 1. The Morgan fingerprint density at radius 1 is 1.22 bits per heavy atom. The molecule has 0 radical (unpaired) electrons. The lowest BCUT2D eigenvalue weighted by Gasteiger charge is -2.23. The first kappa shape index (κ1) is 16.0. The van der Waals surface area contributed by atoms with E-state index in [4.69, 9.17) is 0 Å². The Bertz CT molecular complexity index is 1110. The number of aromatic nitrogens is 4. The lowest BCUT2D eigenvalue weighted by Crippen LogP contribution is -2.33. The number of H-pyrrole nitrogens is 1. The maximum Gasteiger partial charge on any atom is 0.278 e. The minimum absolute atomic E-state index is 0.0210. The zero-order chi connectivity index (χ0) is 18.4. The number of allylic oxidation sites excluding steroid dienone is 2. The van der Waals surface area contributed by atoms with Crippen LogP contribution in [0.1, 0.15) is 30.5 Å². The molecule has 2 aliphatic rings. The highest BCUT2D eigenvalue weighted by Gasteiger charge is 2.32. The van der Waals surface area contributed by atoms with Gasteiger partial charge in [0.05, 0.1) is 35.7 Å². The second-order valence-corrected chi connectivity index (χ2v) is 7.10. The maximum absolute atomic E-state index is 12.9. The van der Waals surface area contributed by atoms with Crippen LogP contribution >= 0.6 is 0 Å². The van der Waals surface area contributed by atoms with Crippen LogP contribution in [-0.2, 0) is 17.9 Å². The van der Waals surface area contributed by atoms with Crippen molar-refractivity contribution >= 4 is 11.6 Å². The number of fused-ring (bicyclic) bond motifs is 2. The Labute approximate surface area is 155 Å². The van der Waals surface area contributed by atoms with Crippen molar-refractivity contribution in [2.45, 2.75) is 32.4 Å². The average Bonchev–Trinajstić information content (AvgIpc) is 3.34. The van der Waals surface area contributed by atoms with Crippen molar-refractivity contribution in [1.29, 1.82) is 0 Å². The summed E-state index contributed by atoms with van der Waals surface area (Å²) in [6, 6.07) is 7.44. The van der Waals surface area contributed by atoms with E-state index < -0.39 is 0 Å². The zero-order valence-electron chi connectivity index (χ0n) is 14.8. The molecule has 7 nitrogen and oxygen atoms in total. The van der Waals surface area contributed by atoms with E-state index in [1.54, 1.807) is 11.1 Å². The lowest BCUT2D eigenvalue weighted by molar-refractivity contribution is -0.136. The molecule has 1 N–H and O–H groups in total. The van der Waals surface area contributed by atoms with Gasteiger partial charge in [0.25, 0.3) is 5.56 Å². The van der Waals surface area contributed by atoms with Crippen molar-refractivity contribution in [1.82, 2.24) is 24.5 Å². The van der Waals surface area contributed by atoms with Gasteiger partial charge in [0.2, 0.25) is 5.91 Å². The van der Waals surface area contributed by atoms with Crippen LogP contribution in [0, 0.1) is 5.92 Å². The van der Waals surface area contributed by atoms with E-state index in [0.717, 1.165) is 30.7 Å². The van der Waals surface area contributed by atoms with Crippen molar-refractivity contribution in [3.8, 4) is 11.4 Å². The molecule has 27 heavy (non-hydrogen) atoms. The highest BCUT2D eigenvalue weighted by atomic mass is 16.2. The van der Waals surface area contributed by atoms with E-state index in [2.05, 4.69) is 27.2 Å². The molecule has 3 aromatic rings. The third-order valence-electron chi connectivity index (χ3n) is 5.35. The van der Waals surface area contributed by atoms with Gasteiger partial charge in [0, 0.05) is 18.2 Å². The van der Waals surface area contributed by atoms with E-state index in [9.17, 15) is 9.59 Å². The predicted octanol–water partition coefficient (Wildman–Crippen LogP) is 2.28. The Balaban J connectivity index is 1.47. The molecule has 5 rings (SSSR count). The summed E-state index contributed by atoms with van der Waals surface area (Å²) in [7, 11) is 0. The number of hydrogen-bond acceptors (Lipinski definition) is 4. The van der Waals surface area contributed by atoms with Crippen molar-refractivity contribution < 1.29 is 4.79 Å². The van der Waals surface area contributed by atoms with Crippen molar-refractivity contribution in [2.24, 2.45) is 5.92 Å². The average molecular weight is 361 g/mol. The number of aromatic amines is 1.